The maximum absolute atomic E-state index is 10.5. The number of unbranched alkanes of at least 4 members (excludes halogenated alkanes) is 4. The first kappa shape index (κ1) is 13.4. The van der Waals surface area contributed by atoms with E-state index >= 15 is 0 Å². The number of aliphatic hydroxyl groups excluding tert-OH is 1. The lowest BCUT2D eigenvalue weighted by Gasteiger charge is -2.14. The van der Waals surface area contributed by atoms with Gasteiger partial charge in [0.05, 0.1) is 12.0 Å². The van der Waals surface area contributed by atoms with Gasteiger partial charge >= 0.3 is 5.97 Å². The van der Waals surface area contributed by atoms with E-state index in [9.17, 15) is 9.90 Å². The van der Waals surface area contributed by atoms with Crippen LogP contribution in [0.4, 0.5) is 0 Å². The van der Waals surface area contributed by atoms with Crippen LogP contribution in [-0.4, -0.2) is 22.3 Å². The Morgan fingerprint density at radius 2 is 1.79 bits per heavy atom. The normalized spacial score (nSPS) is 15.1. The second-order valence-electron chi connectivity index (χ2n) is 3.90. The van der Waals surface area contributed by atoms with Crippen LogP contribution in [0.1, 0.15) is 52.4 Å². The van der Waals surface area contributed by atoms with Crippen LogP contribution < -0.4 is 0 Å². The van der Waals surface area contributed by atoms with Gasteiger partial charge in [0.2, 0.25) is 0 Å². The third-order valence-electron chi connectivity index (χ3n) is 2.57. The molecule has 0 radical (unpaired) electrons. The largest absolute Gasteiger partial charge is 0.481 e. The molecule has 0 aliphatic carbocycles. The highest BCUT2D eigenvalue weighted by atomic mass is 16.4. The Labute approximate surface area is 86.1 Å². The molecule has 0 aromatic carbocycles. The molecule has 2 atom stereocenters. The summed E-state index contributed by atoms with van der Waals surface area (Å²) in [5.41, 5.74) is 0. The predicted octanol–water partition coefficient (Wildman–Crippen LogP) is 2.43. The molecule has 0 aromatic heterocycles. The molecule has 0 saturated heterocycles. The van der Waals surface area contributed by atoms with Gasteiger partial charge < -0.3 is 10.2 Å². The molecular formula is C11H22O3. The fourth-order valence-corrected chi connectivity index (χ4v) is 1.37. The van der Waals surface area contributed by atoms with Crippen LogP contribution in [0.5, 0.6) is 0 Å². The number of hydrogen-bond acceptors (Lipinski definition) is 2. The zero-order valence-corrected chi connectivity index (χ0v) is 9.20. The molecule has 0 fully saturated rings. The summed E-state index contributed by atoms with van der Waals surface area (Å²) in [6, 6.07) is 0. The van der Waals surface area contributed by atoms with E-state index in [2.05, 4.69) is 6.92 Å². The molecule has 84 valence electrons. The molecule has 0 saturated carbocycles. The van der Waals surface area contributed by atoms with Crippen molar-refractivity contribution in [2.45, 2.75) is 58.5 Å². The Hall–Kier alpha value is -0.570. The van der Waals surface area contributed by atoms with Crippen molar-refractivity contribution >= 4 is 5.97 Å². The summed E-state index contributed by atoms with van der Waals surface area (Å²) in [6.45, 7) is 3.71. The number of aliphatic hydroxyl groups is 1. The molecular weight excluding hydrogens is 180 g/mol. The van der Waals surface area contributed by atoms with E-state index < -0.39 is 18.0 Å². The van der Waals surface area contributed by atoms with Crippen molar-refractivity contribution in [2.75, 3.05) is 0 Å². The predicted molar refractivity (Wildman–Crippen MR) is 56.2 cm³/mol. The third-order valence-corrected chi connectivity index (χ3v) is 2.57. The van der Waals surface area contributed by atoms with Gasteiger partial charge in [-0.15, -0.1) is 0 Å². The van der Waals surface area contributed by atoms with Gasteiger partial charge in [-0.3, -0.25) is 4.79 Å². The number of hydrogen-bond donors (Lipinski definition) is 2. The van der Waals surface area contributed by atoms with Gasteiger partial charge in [-0.2, -0.15) is 0 Å². The zero-order valence-electron chi connectivity index (χ0n) is 9.20. The van der Waals surface area contributed by atoms with Crippen molar-refractivity contribution in [3.8, 4) is 0 Å². The number of aliphatic carboxylic acids is 1. The monoisotopic (exact) mass is 202 g/mol. The highest BCUT2D eigenvalue weighted by Gasteiger charge is 2.20. The van der Waals surface area contributed by atoms with Crippen molar-refractivity contribution in [1.82, 2.24) is 0 Å². The first-order chi connectivity index (χ1) is 6.59. The Morgan fingerprint density at radius 1 is 1.21 bits per heavy atom. The highest BCUT2D eigenvalue weighted by Crippen LogP contribution is 2.12. The summed E-state index contributed by atoms with van der Waals surface area (Å²) in [5, 5.41) is 18.1. The molecule has 1 unspecified atom stereocenters. The molecule has 0 aromatic rings. The maximum atomic E-state index is 10.5. The summed E-state index contributed by atoms with van der Waals surface area (Å²) in [7, 11) is 0. The van der Waals surface area contributed by atoms with Crippen molar-refractivity contribution in [3.63, 3.8) is 0 Å². The summed E-state index contributed by atoms with van der Waals surface area (Å²) in [4.78, 5) is 10.5. The molecule has 2 N–H and O–H groups in total. The van der Waals surface area contributed by atoms with Crippen LogP contribution in [0.2, 0.25) is 0 Å². The standard InChI is InChI=1S/C11H22O3/c1-3-4-5-6-7-8-10(12)9(2)11(13)14/h9-10,12H,3-8H2,1-2H3,(H,13,14)/t9?,10-/m1/s1. The minimum Gasteiger partial charge on any atom is -0.481 e. The second-order valence-corrected chi connectivity index (χ2v) is 3.90. The minimum atomic E-state index is -0.911. The van der Waals surface area contributed by atoms with Crippen LogP contribution in [0, 0.1) is 5.92 Å². The maximum Gasteiger partial charge on any atom is 0.308 e. The molecule has 14 heavy (non-hydrogen) atoms. The summed E-state index contributed by atoms with van der Waals surface area (Å²) in [5.74, 6) is -1.55. The van der Waals surface area contributed by atoms with Crippen LogP contribution in [0.3, 0.4) is 0 Å². The third kappa shape index (κ3) is 5.97. The molecule has 0 bridgehead atoms. The molecule has 3 heteroatoms. The van der Waals surface area contributed by atoms with Crippen molar-refractivity contribution in [3.05, 3.63) is 0 Å². The van der Waals surface area contributed by atoms with E-state index in [0.717, 1.165) is 12.8 Å². The van der Waals surface area contributed by atoms with E-state index in [1.807, 2.05) is 0 Å². The molecule has 3 nitrogen and oxygen atoms in total. The van der Waals surface area contributed by atoms with Crippen molar-refractivity contribution in [1.29, 1.82) is 0 Å². The highest BCUT2D eigenvalue weighted by molar-refractivity contribution is 5.70. The van der Waals surface area contributed by atoms with E-state index in [1.54, 1.807) is 6.92 Å². The quantitative estimate of drug-likeness (QED) is 0.594. The Balaban J connectivity index is 3.43. The summed E-state index contributed by atoms with van der Waals surface area (Å²) >= 11 is 0. The molecule has 0 aliphatic rings. The number of rotatable bonds is 8. The lowest BCUT2D eigenvalue weighted by Crippen LogP contribution is -2.25. The molecule has 0 spiro atoms. The smallest absolute Gasteiger partial charge is 0.308 e. The molecule has 0 amide bonds. The molecule has 0 rings (SSSR count). The first-order valence-corrected chi connectivity index (χ1v) is 5.50. The molecule has 0 heterocycles. The average Bonchev–Trinajstić information content (AvgIpc) is 2.16. The van der Waals surface area contributed by atoms with E-state index in [1.165, 1.54) is 19.3 Å². The lowest BCUT2D eigenvalue weighted by atomic mass is 9.99. The van der Waals surface area contributed by atoms with Gasteiger partial charge in [0.1, 0.15) is 0 Å². The van der Waals surface area contributed by atoms with Crippen molar-refractivity contribution in [2.24, 2.45) is 5.92 Å². The SMILES string of the molecule is CCCCCCC[C@@H](O)C(C)C(=O)O. The number of carbonyl (C=O) groups is 1. The fraction of sp³-hybridized carbons (Fsp3) is 0.909. The van der Waals surface area contributed by atoms with Gasteiger partial charge in [-0.1, -0.05) is 39.0 Å². The van der Waals surface area contributed by atoms with Crippen molar-refractivity contribution < 1.29 is 15.0 Å². The Kier molecular flexibility index (Phi) is 7.48. The first-order valence-electron chi connectivity index (χ1n) is 5.50. The number of carboxylic acid groups (broad SMARTS) is 1. The van der Waals surface area contributed by atoms with Crippen LogP contribution in [-0.2, 0) is 4.79 Å². The molecule has 0 aliphatic heterocycles. The minimum absolute atomic E-state index is 0.608. The van der Waals surface area contributed by atoms with Crippen LogP contribution >= 0.6 is 0 Å². The van der Waals surface area contributed by atoms with Crippen LogP contribution in [0.15, 0.2) is 0 Å². The van der Waals surface area contributed by atoms with E-state index in [4.69, 9.17) is 5.11 Å². The van der Waals surface area contributed by atoms with E-state index in [-0.39, 0.29) is 0 Å². The second kappa shape index (κ2) is 7.80. The topological polar surface area (TPSA) is 57.5 Å². The zero-order chi connectivity index (χ0) is 11.0. The average molecular weight is 202 g/mol. The van der Waals surface area contributed by atoms with Gasteiger partial charge in [-0.05, 0) is 13.3 Å². The lowest BCUT2D eigenvalue weighted by molar-refractivity contribution is -0.144. The van der Waals surface area contributed by atoms with Gasteiger partial charge in [0.15, 0.2) is 0 Å². The van der Waals surface area contributed by atoms with Gasteiger partial charge in [0.25, 0.3) is 0 Å². The Morgan fingerprint density at radius 3 is 2.29 bits per heavy atom. The summed E-state index contributed by atoms with van der Waals surface area (Å²) < 4.78 is 0. The fourth-order valence-electron chi connectivity index (χ4n) is 1.37. The van der Waals surface area contributed by atoms with Gasteiger partial charge in [0, 0.05) is 0 Å². The van der Waals surface area contributed by atoms with Gasteiger partial charge in [-0.25, -0.2) is 0 Å². The summed E-state index contributed by atoms with van der Waals surface area (Å²) in [6.07, 6.45) is 5.56. The van der Waals surface area contributed by atoms with Crippen LogP contribution in [0.25, 0.3) is 0 Å². The van der Waals surface area contributed by atoms with E-state index in [0.29, 0.717) is 6.42 Å². The Bertz CT molecular complexity index is 157. The number of carboxylic acids is 1.